The number of carboxylic acids is 1. The second-order valence-corrected chi connectivity index (χ2v) is 5.04. The number of rotatable bonds is 5. The Labute approximate surface area is 147 Å². The minimum Gasteiger partial charge on any atom is -0.478 e. The topological polar surface area (TPSA) is 116 Å². The van der Waals surface area contributed by atoms with E-state index in [-0.39, 0.29) is 28.4 Å². The third-order valence-electron chi connectivity index (χ3n) is 3.01. The first-order chi connectivity index (χ1) is 12.3. The van der Waals surface area contributed by atoms with Gasteiger partial charge in [0.2, 0.25) is 0 Å². The van der Waals surface area contributed by atoms with Crippen molar-refractivity contribution in [1.29, 1.82) is 0 Å². The van der Waals surface area contributed by atoms with Gasteiger partial charge in [-0.3, -0.25) is 9.59 Å². The Morgan fingerprint density at radius 2 is 1.38 bits per heavy atom. The van der Waals surface area contributed by atoms with Crippen molar-refractivity contribution in [3.8, 4) is 17.2 Å². The van der Waals surface area contributed by atoms with E-state index in [0.29, 0.717) is 0 Å². The second kappa shape index (κ2) is 7.93. The van der Waals surface area contributed by atoms with Gasteiger partial charge in [-0.25, -0.2) is 9.59 Å². The number of carbonyl (C=O) groups excluding carboxylic acids is 3. The van der Waals surface area contributed by atoms with Crippen LogP contribution in [-0.4, -0.2) is 29.0 Å². The molecule has 0 heterocycles. The van der Waals surface area contributed by atoms with E-state index >= 15 is 0 Å². The van der Waals surface area contributed by atoms with Crippen LogP contribution in [0.25, 0.3) is 0 Å². The summed E-state index contributed by atoms with van der Waals surface area (Å²) in [5.74, 6) is -3.81. The Hall–Kier alpha value is -3.68. The summed E-state index contributed by atoms with van der Waals surface area (Å²) in [5.41, 5.74) is -0.426. The Balaban J connectivity index is 2.41. The Kier molecular flexibility index (Phi) is 5.69. The highest BCUT2D eigenvalue weighted by molar-refractivity contribution is 5.97. The van der Waals surface area contributed by atoms with E-state index in [1.54, 1.807) is 0 Å². The van der Waals surface area contributed by atoms with Crippen molar-refractivity contribution in [2.45, 2.75) is 13.8 Å². The van der Waals surface area contributed by atoms with Crippen LogP contribution in [0.2, 0.25) is 0 Å². The number of aromatic carboxylic acids is 1. The van der Waals surface area contributed by atoms with Gasteiger partial charge in [0, 0.05) is 13.8 Å². The number of ether oxygens (including phenoxy) is 3. The zero-order valence-corrected chi connectivity index (χ0v) is 13.8. The van der Waals surface area contributed by atoms with E-state index in [0.717, 1.165) is 13.0 Å². The highest BCUT2D eigenvalue weighted by atomic mass is 16.6. The van der Waals surface area contributed by atoms with Crippen LogP contribution in [0, 0.1) is 0 Å². The first-order valence-electron chi connectivity index (χ1n) is 7.33. The summed E-state index contributed by atoms with van der Waals surface area (Å²) in [5, 5.41) is 9.15. The Morgan fingerprint density at radius 1 is 0.769 bits per heavy atom. The lowest BCUT2D eigenvalue weighted by Crippen LogP contribution is -2.15. The maximum Gasteiger partial charge on any atom is 0.347 e. The van der Waals surface area contributed by atoms with E-state index in [1.807, 2.05) is 0 Å². The zero-order chi connectivity index (χ0) is 19.3. The minimum absolute atomic E-state index is 0.0341. The van der Waals surface area contributed by atoms with Crippen LogP contribution < -0.4 is 14.2 Å². The van der Waals surface area contributed by atoms with Crippen molar-refractivity contribution >= 4 is 23.9 Å². The number of carbonyl (C=O) groups is 4. The summed E-state index contributed by atoms with van der Waals surface area (Å²) >= 11 is 0. The van der Waals surface area contributed by atoms with Crippen molar-refractivity contribution in [1.82, 2.24) is 0 Å². The van der Waals surface area contributed by atoms with Gasteiger partial charge in [-0.1, -0.05) is 12.1 Å². The molecule has 0 unspecified atom stereocenters. The smallest absolute Gasteiger partial charge is 0.347 e. The summed E-state index contributed by atoms with van der Waals surface area (Å²) in [6.45, 7) is 2.33. The molecule has 0 spiro atoms. The molecule has 0 aliphatic carbocycles. The maximum absolute atomic E-state index is 12.5. The lowest BCUT2D eigenvalue weighted by molar-refractivity contribution is -0.133. The number of carboxylic acid groups (broad SMARTS) is 1. The molecule has 0 saturated carbocycles. The van der Waals surface area contributed by atoms with Gasteiger partial charge in [0.05, 0.1) is 0 Å². The standard InChI is InChI=1S/C18H14O8/c1-10(19)24-12-7-8-16(25-11(2)20)14(9-12)18(23)26-15-6-4-3-5-13(15)17(21)22/h3-9H,1-2H3,(H,21,22). The molecule has 0 saturated heterocycles. The molecule has 0 aliphatic heterocycles. The molecule has 0 atom stereocenters. The molecule has 0 bridgehead atoms. The summed E-state index contributed by atoms with van der Waals surface area (Å²) < 4.78 is 15.0. The summed E-state index contributed by atoms with van der Waals surface area (Å²) in [6, 6.07) is 9.31. The lowest BCUT2D eigenvalue weighted by atomic mass is 10.1. The highest BCUT2D eigenvalue weighted by Crippen LogP contribution is 2.27. The number of benzene rings is 2. The average Bonchev–Trinajstić information content (AvgIpc) is 2.55. The molecule has 2 aromatic carbocycles. The number of hydrogen-bond donors (Lipinski definition) is 1. The third-order valence-corrected chi connectivity index (χ3v) is 3.01. The van der Waals surface area contributed by atoms with Gasteiger partial charge in [-0.05, 0) is 30.3 Å². The molecule has 0 fully saturated rings. The normalized spacial score (nSPS) is 9.92. The van der Waals surface area contributed by atoms with Gasteiger partial charge in [0.1, 0.15) is 28.4 Å². The quantitative estimate of drug-likeness (QED) is 0.640. The molecule has 134 valence electrons. The molecule has 0 aromatic heterocycles. The van der Waals surface area contributed by atoms with Gasteiger partial charge in [-0.15, -0.1) is 0 Å². The third kappa shape index (κ3) is 4.67. The van der Waals surface area contributed by atoms with Crippen LogP contribution in [0.3, 0.4) is 0 Å². The molecule has 2 aromatic rings. The van der Waals surface area contributed by atoms with Crippen molar-refractivity contribution in [3.05, 3.63) is 53.6 Å². The van der Waals surface area contributed by atoms with Gasteiger partial charge in [0.15, 0.2) is 0 Å². The summed E-state index contributed by atoms with van der Waals surface area (Å²) in [6.07, 6.45) is 0. The molecule has 8 heteroatoms. The van der Waals surface area contributed by atoms with Gasteiger partial charge in [-0.2, -0.15) is 0 Å². The number of para-hydroxylation sites is 1. The first kappa shape index (κ1) is 18.7. The first-order valence-corrected chi connectivity index (χ1v) is 7.33. The zero-order valence-electron chi connectivity index (χ0n) is 13.8. The molecule has 1 N–H and O–H groups in total. The monoisotopic (exact) mass is 358 g/mol. The van der Waals surface area contributed by atoms with Crippen LogP contribution in [-0.2, 0) is 9.59 Å². The predicted molar refractivity (Wildman–Crippen MR) is 87.4 cm³/mol. The van der Waals surface area contributed by atoms with Crippen molar-refractivity contribution in [2.24, 2.45) is 0 Å². The largest absolute Gasteiger partial charge is 0.478 e. The highest BCUT2D eigenvalue weighted by Gasteiger charge is 2.21. The van der Waals surface area contributed by atoms with E-state index < -0.39 is 23.9 Å². The Morgan fingerprint density at radius 3 is 2.00 bits per heavy atom. The van der Waals surface area contributed by atoms with Gasteiger partial charge >= 0.3 is 23.9 Å². The molecular formula is C18H14O8. The minimum atomic E-state index is -1.28. The van der Waals surface area contributed by atoms with Crippen LogP contribution in [0.5, 0.6) is 17.2 Å². The van der Waals surface area contributed by atoms with Gasteiger partial charge in [0.25, 0.3) is 0 Å². The molecule has 26 heavy (non-hydrogen) atoms. The molecule has 0 radical (unpaired) electrons. The fraction of sp³-hybridized carbons (Fsp3) is 0.111. The average molecular weight is 358 g/mol. The van der Waals surface area contributed by atoms with Crippen LogP contribution in [0.4, 0.5) is 0 Å². The van der Waals surface area contributed by atoms with Crippen LogP contribution >= 0.6 is 0 Å². The predicted octanol–water partition coefficient (Wildman–Crippen LogP) is 2.45. The maximum atomic E-state index is 12.5. The molecular weight excluding hydrogens is 344 g/mol. The lowest BCUT2D eigenvalue weighted by Gasteiger charge is -2.11. The van der Waals surface area contributed by atoms with E-state index in [4.69, 9.17) is 19.3 Å². The molecule has 0 amide bonds. The number of esters is 3. The van der Waals surface area contributed by atoms with Crippen molar-refractivity contribution < 1.29 is 38.5 Å². The van der Waals surface area contributed by atoms with Crippen molar-refractivity contribution in [2.75, 3.05) is 0 Å². The summed E-state index contributed by atoms with van der Waals surface area (Å²) in [7, 11) is 0. The Bertz CT molecular complexity index is 885. The van der Waals surface area contributed by atoms with E-state index in [9.17, 15) is 19.2 Å². The van der Waals surface area contributed by atoms with Crippen molar-refractivity contribution in [3.63, 3.8) is 0 Å². The van der Waals surface area contributed by atoms with E-state index in [1.165, 1.54) is 43.3 Å². The molecule has 0 aliphatic rings. The summed E-state index contributed by atoms with van der Waals surface area (Å²) in [4.78, 5) is 46.0. The fourth-order valence-electron chi connectivity index (χ4n) is 2.03. The van der Waals surface area contributed by atoms with Gasteiger partial charge < -0.3 is 19.3 Å². The van der Waals surface area contributed by atoms with Crippen LogP contribution in [0.1, 0.15) is 34.6 Å². The number of hydrogen-bond acceptors (Lipinski definition) is 7. The van der Waals surface area contributed by atoms with E-state index in [2.05, 4.69) is 0 Å². The molecule has 2 rings (SSSR count). The fourth-order valence-corrected chi connectivity index (χ4v) is 2.03. The molecule has 8 nitrogen and oxygen atoms in total. The SMILES string of the molecule is CC(=O)Oc1ccc(OC(C)=O)c(C(=O)Oc2ccccc2C(=O)O)c1. The second-order valence-electron chi connectivity index (χ2n) is 5.04. The van der Waals surface area contributed by atoms with Crippen LogP contribution in [0.15, 0.2) is 42.5 Å².